The van der Waals surface area contributed by atoms with E-state index in [1.165, 1.54) is 17.8 Å². The highest BCUT2D eigenvalue weighted by molar-refractivity contribution is 7.07. The molecular weight excluding hydrogens is 365 g/mol. The molecule has 9 heteroatoms. The van der Waals surface area contributed by atoms with E-state index in [2.05, 4.69) is 43.7 Å². The fourth-order valence-corrected chi connectivity index (χ4v) is 2.91. The predicted octanol–water partition coefficient (Wildman–Crippen LogP) is 3.55. The molecule has 0 bridgehead atoms. The lowest BCUT2D eigenvalue weighted by Gasteiger charge is -2.15. The van der Waals surface area contributed by atoms with Crippen LogP contribution in [0.1, 0.15) is 24.0 Å². The van der Waals surface area contributed by atoms with Crippen LogP contribution in [-0.2, 0) is 6.54 Å². The number of rotatable bonds is 7. The van der Waals surface area contributed by atoms with Gasteiger partial charge in [-0.15, -0.1) is 0 Å². The Hall–Kier alpha value is -2.29. The molecule has 0 radical (unpaired) electrons. The second-order valence-corrected chi connectivity index (χ2v) is 6.45. The number of aliphatic imine (C=N–C) groups is 1. The maximum absolute atomic E-state index is 12.2. The highest BCUT2D eigenvalue weighted by atomic mass is 32.1. The van der Waals surface area contributed by atoms with Crippen LogP contribution in [0.25, 0.3) is 0 Å². The highest BCUT2D eigenvalue weighted by Gasteiger charge is 2.28. The Labute approximate surface area is 154 Å². The largest absolute Gasteiger partial charge is 0.468 e. The summed E-state index contributed by atoms with van der Waals surface area (Å²) < 4.78 is 41.3. The molecule has 2 heterocycles. The number of ether oxygens (including phenoxy) is 1. The van der Waals surface area contributed by atoms with Gasteiger partial charge in [-0.25, -0.2) is 4.98 Å². The molecule has 2 aromatic heterocycles. The number of hydrogen-bond acceptors (Lipinski definition) is 4. The van der Waals surface area contributed by atoms with Gasteiger partial charge >= 0.3 is 6.18 Å². The van der Waals surface area contributed by atoms with Crippen molar-refractivity contribution < 1.29 is 17.9 Å². The average Bonchev–Trinajstić information content (AvgIpc) is 3.14. The minimum atomic E-state index is -4.39. The SMILES string of the molecule is CN=C(NCc1ccnc(OCC(F)(F)F)c1)NCC(C)c1ccsc1. The number of halogens is 3. The first-order valence-electron chi connectivity index (χ1n) is 7.98. The van der Waals surface area contributed by atoms with Crippen molar-refractivity contribution in [1.29, 1.82) is 0 Å². The van der Waals surface area contributed by atoms with E-state index >= 15 is 0 Å². The molecule has 2 aromatic rings. The Morgan fingerprint density at radius 1 is 1.35 bits per heavy atom. The van der Waals surface area contributed by atoms with Crippen molar-refractivity contribution in [2.75, 3.05) is 20.2 Å². The van der Waals surface area contributed by atoms with Crippen molar-refractivity contribution in [3.05, 3.63) is 46.3 Å². The van der Waals surface area contributed by atoms with Crippen molar-refractivity contribution in [3.63, 3.8) is 0 Å². The zero-order valence-electron chi connectivity index (χ0n) is 14.5. The number of pyridine rings is 1. The monoisotopic (exact) mass is 386 g/mol. The van der Waals surface area contributed by atoms with Crippen LogP contribution in [0.3, 0.4) is 0 Å². The zero-order valence-corrected chi connectivity index (χ0v) is 15.3. The minimum absolute atomic E-state index is 0.0596. The van der Waals surface area contributed by atoms with Gasteiger partial charge in [0.1, 0.15) is 0 Å². The average molecular weight is 386 g/mol. The van der Waals surface area contributed by atoms with Crippen LogP contribution < -0.4 is 15.4 Å². The van der Waals surface area contributed by atoms with Crippen molar-refractivity contribution in [2.24, 2.45) is 4.99 Å². The summed E-state index contributed by atoms with van der Waals surface area (Å²) in [7, 11) is 1.66. The molecule has 0 spiro atoms. The lowest BCUT2D eigenvalue weighted by Crippen LogP contribution is -2.38. The van der Waals surface area contributed by atoms with Crippen LogP contribution in [-0.4, -0.2) is 37.3 Å². The summed E-state index contributed by atoms with van der Waals surface area (Å²) in [6.07, 6.45) is -2.97. The van der Waals surface area contributed by atoms with Crippen LogP contribution in [0.5, 0.6) is 5.88 Å². The summed E-state index contributed by atoms with van der Waals surface area (Å²) in [5.74, 6) is 0.889. The Kier molecular flexibility index (Phi) is 7.26. The van der Waals surface area contributed by atoms with Crippen molar-refractivity contribution >= 4 is 17.3 Å². The molecule has 1 unspecified atom stereocenters. The molecule has 26 heavy (non-hydrogen) atoms. The molecule has 2 N–H and O–H groups in total. The topological polar surface area (TPSA) is 58.5 Å². The van der Waals surface area contributed by atoms with Crippen LogP contribution in [0.4, 0.5) is 13.2 Å². The lowest BCUT2D eigenvalue weighted by atomic mass is 10.1. The van der Waals surface area contributed by atoms with Gasteiger partial charge in [-0.1, -0.05) is 6.92 Å². The molecule has 142 valence electrons. The lowest BCUT2D eigenvalue weighted by molar-refractivity contribution is -0.154. The van der Waals surface area contributed by atoms with Gasteiger partial charge in [0.25, 0.3) is 0 Å². The fraction of sp³-hybridized carbons (Fsp3) is 0.412. The Morgan fingerprint density at radius 3 is 2.81 bits per heavy atom. The smallest absolute Gasteiger partial charge is 0.422 e. The maximum Gasteiger partial charge on any atom is 0.422 e. The van der Waals surface area contributed by atoms with E-state index in [1.54, 1.807) is 24.5 Å². The third kappa shape index (κ3) is 6.91. The van der Waals surface area contributed by atoms with Crippen LogP contribution in [0, 0.1) is 0 Å². The number of aromatic nitrogens is 1. The molecule has 0 aromatic carbocycles. The van der Waals surface area contributed by atoms with E-state index < -0.39 is 12.8 Å². The normalized spacial score (nSPS) is 13.3. The number of guanidine groups is 1. The number of nitrogens with zero attached hydrogens (tertiary/aromatic N) is 2. The van der Waals surface area contributed by atoms with Gasteiger partial charge in [-0.3, -0.25) is 4.99 Å². The fourth-order valence-electron chi connectivity index (χ4n) is 2.12. The van der Waals surface area contributed by atoms with Crippen LogP contribution >= 0.6 is 11.3 Å². The molecule has 0 aliphatic carbocycles. The zero-order chi connectivity index (χ0) is 19.0. The van der Waals surface area contributed by atoms with Crippen molar-refractivity contribution in [1.82, 2.24) is 15.6 Å². The van der Waals surface area contributed by atoms with Gasteiger partial charge in [0.2, 0.25) is 5.88 Å². The van der Waals surface area contributed by atoms with E-state index in [4.69, 9.17) is 0 Å². The molecular formula is C17H21F3N4OS. The Morgan fingerprint density at radius 2 is 2.15 bits per heavy atom. The van der Waals surface area contributed by atoms with Gasteiger partial charge in [-0.05, 0) is 39.9 Å². The van der Waals surface area contributed by atoms with Gasteiger partial charge < -0.3 is 15.4 Å². The van der Waals surface area contributed by atoms with E-state index in [-0.39, 0.29) is 5.88 Å². The predicted molar refractivity (Wildman–Crippen MR) is 96.7 cm³/mol. The van der Waals surface area contributed by atoms with Crippen LogP contribution in [0.2, 0.25) is 0 Å². The molecule has 5 nitrogen and oxygen atoms in total. The molecule has 0 aliphatic heterocycles. The minimum Gasteiger partial charge on any atom is -0.468 e. The molecule has 0 saturated heterocycles. The van der Waals surface area contributed by atoms with Gasteiger partial charge in [-0.2, -0.15) is 24.5 Å². The van der Waals surface area contributed by atoms with E-state index in [0.29, 0.717) is 25.0 Å². The van der Waals surface area contributed by atoms with Gasteiger partial charge in [0.15, 0.2) is 12.6 Å². The number of hydrogen-bond donors (Lipinski definition) is 2. The quantitative estimate of drug-likeness (QED) is 0.564. The van der Waals surface area contributed by atoms with Gasteiger partial charge in [0.05, 0.1) is 0 Å². The highest BCUT2D eigenvalue weighted by Crippen LogP contribution is 2.18. The summed E-state index contributed by atoms with van der Waals surface area (Å²) in [4.78, 5) is 7.93. The van der Waals surface area contributed by atoms with E-state index in [9.17, 15) is 13.2 Å². The second-order valence-electron chi connectivity index (χ2n) is 5.67. The first-order valence-corrected chi connectivity index (χ1v) is 8.93. The maximum atomic E-state index is 12.2. The Bertz CT molecular complexity index is 704. The third-order valence-electron chi connectivity index (χ3n) is 3.55. The van der Waals surface area contributed by atoms with Crippen LogP contribution in [0.15, 0.2) is 40.1 Å². The first-order chi connectivity index (χ1) is 12.4. The van der Waals surface area contributed by atoms with Gasteiger partial charge in [0, 0.05) is 32.4 Å². The number of nitrogens with one attached hydrogen (secondary N) is 2. The first kappa shape index (κ1) is 20.0. The Balaban J connectivity index is 1.82. The summed E-state index contributed by atoms with van der Waals surface area (Å²) in [6, 6.07) is 5.27. The molecule has 0 aliphatic rings. The van der Waals surface area contributed by atoms with Crippen molar-refractivity contribution in [3.8, 4) is 5.88 Å². The molecule has 0 saturated carbocycles. The molecule has 2 rings (SSSR count). The molecule has 0 fully saturated rings. The summed E-state index contributed by atoms with van der Waals surface area (Å²) in [5, 5.41) is 10.5. The number of alkyl halides is 3. The summed E-state index contributed by atoms with van der Waals surface area (Å²) >= 11 is 1.66. The third-order valence-corrected chi connectivity index (χ3v) is 4.26. The second kappa shape index (κ2) is 9.42. The van der Waals surface area contributed by atoms with E-state index in [1.807, 2.05) is 5.38 Å². The summed E-state index contributed by atoms with van der Waals surface area (Å²) in [5.41, 5.74) is 2.00. The van der Waals surface area contributed by atoms with Crippen molar-refractivity contribution in [2.45, 2.75) is 25.6 Å². The molecule has 0 amide bonds. The number of thiophene rings is 1. The summed E-state index contributed by atoms with van der Waals surface area (Å²) in [6.45, 7) is 1.86. The standard InChI is InChI=1S/C17H21F3N4OS/c1-12(14-4-6-26-10-14)8-23-16(21-2)24-9-13-3-5-22-15(7-13)25-11-17(18,19)20/h3-7,10,12H,8-9,11H2,1-2H3,(H2,21,23,24). The van der Waals surface area contributed by atoms with E-state index in [0.717, 1.165) is 5.56 Å². The molecule has 1 atom stereocenters.